The molecule has 1 atom stereocenters. The van der Waals surface area contributed by atoms with Crippen LogP contribution in [0.5, 0.6) is 5.75 Å². The van der Waals surface area contributed by atoms with E-state index in [9.17, 15) is 0 Å². The van der Waals surface area contributed by atoms with Gasteiger partial charge in [0.1, 0.15) is 5.75 Å². The van der Waals surface area contributed by atoms with E-state index in [1.165, 1.54) is 0 Å². The first-order valence-electron chi connectivity index (χ1n) is 6.27. The topological polar surface area (TPSA) is 48.1 Å². The van der Waals surface area contributed by atoms with Crippen molar-refractivity contribution in [1.29, 1.82) is 0 Å². The Morgan fingerprint density at radius 1 is 1.35 bits per heavy atom. The van der Waals surface area contributed by atoms with Crippen LogP contribution in [0.4, 0.5) is 0 Å². The van der Waals surface area contributed by atoms with Gasteiger partial charge in [-0.15, -0.1) is 11.8 Å². The lowest BCUT2D eigenvalue weighted by Gasteiger charge is -2.12. The van der Waals surface area contributed by atoms with Crippen molar-refractivity contribution in [1.82, 2.24) is 4.98 Å². The van der Waals surface area contributed by atoms with Crippen LogP contribution in [-0.4, -0.2) is 12.1 Å². The molecule has 0 aliphatic heterocycles. The van der Waals surface area contributed by atoms with Gasteiger partial charge in [-0.2, -0.15) is 0 Å². The summed E-state index contributed by atoms with van der Waals surface area (Å²) in [4.78, 5) is 4.27. The molecule has 0 bridgehead atoms. The Kier molecular flexibility index (Phi) is 5.29. The molecular formula is C15H17ClN2OS. The van der Waals surface area contributed by atoms with E-state index in [0.29, 0.717) is 5.02 Å². The van der Waals surface area contributed by atoms with E-state index in [1.807, 2.05) is 31.2 Å². The number of pyridine rings is 1. The third-order valence-corrected chi connectivity index (χ3v) is 4.12. The molecule has 1 unspecified atom stereocenters. The maximum Gasteiger partial charge on any atom is 0.122 e. The summed E-state index contributed by atoms with van der Waals surface area (Å²) in [6, 6.07) is 9.81. The van der Waals surface area contributed by atoms with E-state index >= 15 is 0 Å². The van der Waals surface area contributed by atoms with E-state index in [-0.39, 0.29) is 6.04 Å². The zero-order valence-electron chi connectivity index (χ0n) is 11.5. The Morgan fingerprint density at radius 3 is 2.75 bits per heavy atom. The fourth-order valence-electron chi connectivity index (χ4n) is 1.79. The van der Waals surface area contributed by atoms with Gasteiger partial charge in [-0.1, -0.05) is 17.7 Å². The maximum absolute atomic E-state index is 5.92. The SMILES string of the molecule is COc1ccc(C(C)N)cc1CSc1ccc(Cl)cn1. The summed E-state index contributed by atoms with van der Waals surface area (Å²) >= 11 is 7.47. The number of aromatic nitrogens is 1. The highest BCUT2D eigenvalue weighted by Crippen LogP contribution is 2.29. The van der Waals surface area contributed by atoms with Gasteiger partial charge in [-0.3, -0.25) is 0 Å². The molecule has 1 aromatic carbocycles. The number of hydrogen-bond acceptors (Lipinski definition) is 4. The second-order valence-corrected chi connectivity index (χ2v) is 5.90. The number of methoxy groups -OCH3 is 1. The summed E-state index contributed by atoms with van der Waals surface area (Å²) in [6.07, 6.45) is 1.65. The molecule has 0 fully saturated rings. The van der Waals surface area contributed by atoms with Gasteiger partial charge in [-0.25, -0.2) is 4.98 Å². The maximum atomic E-state index is 5.92. The molecule has 2 aromatic rings. The molecule has 5 heteroatoms. The monoisotopic (exact) mass is 308 g/mol. The van der Waals surface area contributed by atoms with Crippen LogP contribution in [-0.2, 0) is 5.75 Å². The van der Waals surface area contributed by atoms with Crippen molar-refractivity contribution >= 4 is 23.4 Å². The minimum atomic E-state index is 0.0123. The van der Waals surface area contributed by atoms with E-state index in [0.717, 1.165) is 27.7 Å². The average molecular weight is 309 g/mol. The lowest BCUT2D eigenvalue weighted by Crippen LogP contribution is -2.05. The van der Waals surface area contributed by atoms with Crippen molar-refractivity contribution in [2.45, 2.75) is 23.7 Å². The molecule has 2 rings (SSSR count). The quantitative estimate of drug-likeness (QED) is 0.846. The first-order valence-corrected chi connectivity index (χ1v) is 7.63. The Labute approximate surface area is 128 Å². The van der Waals surface area contributed by atoms with Gasteiger partial charge in [0.05, 0.1) is 17.2 Å². The predicted octanol–water partition coefficient (Wildman–Crippen LogP) is 4.06. The Bertz CT molecular complexity index is 573. The summed E-state index contributed by atoms with van der Waals surface area (Å²) < 4.78 is 5.39. The highest BCUT2D eigenvalue weighted by atomic mass is 35.5. The molecule has 1 aromatic heterocycles. The largest absolute Gasteiger partial charge is 0.496 e. The van der Waals surface area contributed by atoms with Crippen molar-refractivity contribution in [3.8, 4) is 5.75 Å². The predicted molar refractivity (Wildman–Crippen MR) is 84.4 cm³/mol. The third kappa shape index (κ3) is 3.88. The number of rotatable bonds is 5. The van der Waals surface area contributed by atoms with Crippen molar-refractivity contribution in [2.75, 3.05) is 7.11 Å². The minimum absolute atomic E-state index is 0.0123. The molecule has 0 amide bonds. The molecule has 3 nitrogen and oxygen atoms in total. The Hall–Kier alpha value is -1.23. The number of ether oxygens (including phenoxy) is 1. The van der Waals surface area contributed by atoms with Crippen LogP contribution in [0, 0.1) is 0 Å². The van der Waals surface area contributed by atoms with Crippen molar-refractivity contribution in [3.05, 3.63) is 52.7 Å². The van der Waals surface area contributed by atoms with Crippen LogP contribution in [0.2, 0.25) is 5.02 Å². The fourth-order valence-corrected chi connectivity index (χ4v) is 2.73. The van der Waals surface area contributed by atoms with E-state index in [2.05, 4.69) is 11.1 Å². The fraction of sp³-hybridized carbons (Fsp3) is 0.267. The summed E-state index contributed by atoms with van der Waals surface area (Å²) in [5, 5.41) is 1.58. The Morgan fingerprint density at radius 2 is 2.15 bits per heavy atom. The molecule has 2 N–H and O–H groups in total. The zero-order valence-corrected chi connectivity index (χ0v) is 13.0. The first-order chi connectivity index (χ1) is 9.60. The van der Waals surface area contributed by atoms with Gasteiger partial charge in [0.15, 0.2) is 0 Å². The molecular weight excluding hydrogens is 292 g/mol. The van der Waals surface area contributed by atoms with Crippen molar-refractivity contribution < 1.29 is 4.74 Å². The van der Waals surface area contributed by atoms with E-state index < -0.39 is 0 Å². The number of benzene rings is 1. The molecule has 1 heterocycles. The average Bonchev–Trinajstić information content (AvgIpc) is 2.46. The summed E-state index contributed by atoms with van der Waals surface area (Å²) in [5.41, 5.74) is 8.14. The van der Waals surface area contributed by atoms with Crippen LogP contribution in [0.25, 0.3) is 0 Å². The lowest BCUT2D eigenvalue weighted by atomic mass is 10.1. The van der Waals surface area contributed by atoms with Gasteiger partial charge >= 0.3 is 0 Å². The third-order valence-electron chi connectivity index (χ3n) is 2.91. The van der Waals surface area contributed by atoms with Crippen LogP contribution in [0.15, 0.2) is 41.6 Å². The first kappa shape index (κ1) is 15.2. The molecule has 106 valence electrons. The summed E-state index contributed by atoms with van der Waals surface area (Å²) in [6.45, 7) is 1.97. The van der Waals surface area contributed by atoms with Crippen molar-refractivity contribution in [2.24, 2.45) is 5.73 Å². The molecule has 0 aliphatic carbocycles. The summed E-state index contributed by atoms with van der Waals surface area (Å²) in [7, 11) is 1.68. The van der Waals surface area contributed by atoms with Gasteiger partial charge in [0, 0.05) is 23.6 Å². The van der Waals surface area contributed by atoms with Gasteiger partial charge in [0.2, 0.25) is 0 Å². The number of halogens is 1. The number of hydrogen-bond donors (Lipinski definition) is 1. The number of thioether (sulfide) groups is 1. The second-order valence-electron chi connectivity index (χ2n) is 4.46. The van der Waals surface area contributed by atoms with Crippen LogP contribution in [0.3, 0.4) is 0 Å². The molecule has 0 saturated heterocycles. The Balaban J connectivity index is 2.14. The minimum Gasteiger partial charge on any atom is -0.496 e. The van der Waals surface area contributed by atoms with Crippen LogP contribution < -0.4 is 10.5 Å². The molecule has 20 heavy (non-hydrogen) atoms. The highest BCUT2D eigenvalue weighted by Gasteiger charge is 2.08. The second kappa shape index (κ2) is 6.97. The van der Waals surface area contributed by atoms with Crippen LogP contribution in [0.1, 0.15) is 24.1 Å². The van der Waals surface area contributed by atoms with Gasteiger partial charge in [0.25, 0.3) is 0 Å². The highest BCUT2D eigenvalue weighted by molar-refractivity contribution is 7.98. The molecule has 0 saturated carbocycles. The van der Waals surface area contributed by atoms with Gasteiger partial charge in [-0.05, 0) is 36.8 Å². The number of nitrogens with zero attached hydrogens (tertiary/aromatic N) is 1. The van der Waals surface area contributed by atoms with E-state index in [1.54, 1.807) is 25.1 Å². The summed E-state index contributed by atoms with van der Waals surface area (Å²) in [5.74, 6) is 1.65. The van der Waals surface area contributed by atoms with Crippen molar-refractivity contribution in [3.63, 3.8) is 0 Å². The van der Waals surface area contributed by atoms with E-state index in [4.69, 9.17) is 22.1 Å². The lowest BCUT2D eigenvalue weighted by molar-refractivity contribution is 0.411. The number of nitrogens with two attached hydrogens (primary N) is 1. The normalized spacial score (nSPS) is 12.2. The smallest absolute Gasteiger partial charge is 0.122 e. The van der Waals surface area contributed by atoms with Gasteiger partial charge < -0.3 is 10.5 Å². The van der Waals surface area contributed by atoms with Crippen LogP contribution >= 0.6 is 23.4 Å². The standard InChI is InChI=1S/C15H17ClN2OS/c1-10(17)11-3-5-14(19-2)12(7-11)9-20-15-6-4-13(16)8-18-15/h3-8,10H,9,17H2,1-2H3. The molecule has 0 spiro atoms. The molecule has 0 radical (unpaired) electrons. The zero-order chi connectivity index (χ0) is 14.5. The molecule has 0 aliphatic rings.